The average molecular weight is 463 g/mol. The number of carbonyl (C=O) groups is 1. The molecule has 1 aromatic heterocycles. The highest BCUT2D eigenvalue weighted by Crippen LogP contribution is 2.37. The predicted octanol–water partition coefficient (Wildman–Crippen LogP) is 3.98. The lowest BCUT2D eigenvalue weighted by atomic mass is 10.1. The van der Waals surface area contributed by atoms with E-state index < -0.39 is 35.2 Å². The van der Waals surface area contributed by atoms with Gasteiger partial charge in [0.1, 0.15) is 0 Å². The van der Waals surface area contributed by atoms with E-state index in [4.69, 9.17) is 4.74 Å². The average Bonchev–Trinajstić information content (AvgIpc) is 2.71. The Morgan fingerprint density at radius 2 is 1.59 bits per heavy atom. The predicted molar refractivity (Wildman–Crippen MR) is 102 cm³/mol. The number of alkyl halides is 6. The fraction of sp³-hybridized carbons (Fsp3) is 0.421. The first-order valence-corrected chi connectivity index (χ1v) is 9.43. The number of nitrogens with one attached hydrogen (secondary N) is 2. The quantitative estimate of drug-likeness (QED) is 0.671. The molecule has 1 aliphatic rings. The Kier molecular flexibility index (Phi) is 6.77. The van der Waals surface area contributed by atoms with Crippen LogP contribution in [0, 0.1) is 6.92 Å². The van der Waals surface area contributed by atoms with Crippen molar-refractivity contribution < 1.29 is 35.9 Å². The normalized spacial score (nSPS) is 14.9. The summed E-state index contributed by atoms with van der Waals surface area (Å²) >= 11 is 0. The zero-order valence-electron chi connectivity index (χ0n) is 16.8. The largest absolute Gasteiger partial charge is 0.416 e. The summed E-state index contributed by atoms with van der Waals surface area (Å²) in [5.74, 6) is 0.443. The van der Waals surface area contributed by atoms with Crippen molar-refractivity contribution in [2.45, 2.75) is 25.8 Å². The minimum absolute atomic E-state index is 0.0140. The third-order valence-corrected chi connectivity index (χ3v) is 4.46. The Bertz CT molecular complexity index is 941. The fourth-order valence-corrected chi connectivity index (χ4v) is 2.99. The molecule has 0 bridgehead atoms. The van der Waals surface area contributed by atoms with Gasteiger partial charge in [0, 0.05) is 24.5 Å². The van der Waals surface area contributed by atoms with Crippen LogP contribution < -0.4 is 15.5 Å². The van der Waals surface area contributed by atoms with Crippen LogP contribution in [0.15, 0.2) is 24.3 Å². The van der Waals surface area contributed by atoms with Gasteiger partial charge in [-0.05, 0) is 31.2 Å². The van der Waals surface area contributed by atoms with Crippen molar-refractivity contribution in [3.63, 3.8) is 0 Å². The first-order chi connectivity index (χ1) is 14.9. The van der Waals surface area contributed by atoms with E-state index >= 15 is 0 Å². The first-order valence-electron chi connectivity index (χ1n) is 9.43. The Balaban J connectivity index is 1.70. The molecular weight excluding hydrogens is 444 g/mol. The van der Waals surface area contributed by atoms with E-state index in [2.05, 4.69) is 15.3 Å². The second kappa shape index (κ2) is 9.18. The van der Waals surface area contributed by atoms with Gasteiger partial charge in [0.2, 0.25) is 5.95 Å². The maximum atomic E-state index is 13.0. The highest BCUT2D eigenvalue weighted by atomic mass is 19.4. The summed E-state index contributed by atoms with van der Waals surface area (Å²) < 4.78 is 83.0. The van der Waals surface area contributed by atoms with Crippen LogP contribution in [-0.2, 0) is 23.6 Å². The van der Waals surface area contributed by atoms with Gasteiger partial charge in [0.05, 0.1) is 36.6 Å². The van der Waals surface area contributed by atoms with Crippen molar-refractivity contribution >= 4 is 17.7 Å². The van der Waals surface area contributed by atoms with Crippen LogP contribution in [0.1, 0.15) is 22.5 Å². The summed E-state index contributed by atoms with van der Waals surface area (Å²) in [4.78, 5) is 22.7. The van der Waals surface area contributed by atoms with Gasteiger partial charge in [-0.3, -0.25) is 0 Å². The van der Waals surface area contributed by atoms with Crippen LogP contribution in [0.3, 0.4) is 0 Å². The first kappa shape index (κ1) is 23.6. The molecule has 2 N–H and O–H groups in total. The number of nitrogens with zero attached hydrogens (tertiary/aromatic N) is 3. The van der Waals surface area contributed by atoms with E-state index in [0.717, 1.165) is 0 Å². The molecule has 0 saturated carbocycles. The van der Waals surface area contributed by atoms with Crippen molar-refractivity contribution in [3.05, 3.63) is 46.8 Å². The third-order valence-electron chi connectivity index (χ3n) is 4.46. The molecule has 0 aliphatic carbocycles. The molecule has 1 saturated heterocycles. The number of aromatic nitrogens is 2. The summed E-state index contributed by atoms with van der Waals surface area (Å²) in [6, 6.07) is 1.47. The lowest BCUT2D eigenvalue weighted by Gasteiger charge is -2.27. The van der Waals surface area contributed by atoms with Crippen molar-refractivity contribution in [1.82, 2.24) is 15.3 Å². The number of halogens is 6. The number of aryl methyl sites for hydroxylation is 1. The number of rotatable bonds is 4. The van der Waals surface area contributed by atoms with Gasteiger partial charge >= 0.3 is 18.4 Å². The summed E-state index contributed by atoms with van der Waals surface area (Å²) in [5, 5.41) is 4.38. The molecule has 0 unspecified atom stereocenters. The number of hydrogen-bond donors (Lipinski definition) is 2. The van der Waals surface area contributed by atoms with E-state index in [9.17, 15) is 31.1 Å². The van der Waals surface area contributed by atoms with Crippen LogP contribution in [0.2, 0.25) is 0 Å². The molecule has 174 valence electrons. The van der Waals surface area contributed by atoms with Crippen molar-refractivity contribution in [2.75, 3.05) is 36.5 Å². The molecule has 1 fully saturated rings. The minimum atomic E-state index is -5.01. The van der Waals surface area contributed by atoms with Gasteiger partial charge in [-0.2, -0.15) is 26.3 Å². The number of ether oxygens (including phenoxy) is 1. The van der Waals surface area contributed by atoms with E-state index in [1.807, 2.05) is 10.2 Å². The number of amides is 2. The van der Waals surface area contributed by atoms with E-state index in [-0.39, 0.29) is 12.6 Å². The molecule has 2 heterocycles. The number of urea groups is 1. The number of morpholine rings is 1. The van der Waals surface area contributed by atoms with Gasteiger partial charge < -0.3 is 20.3 Å². The van der Waals surface area contributed by atoms with Crippen molar-refractivity contribution in [2.24, 2.45) is 0 Å². The second-order valence-electron chi connectivity index (χ2n) is 7.00. The molecule has 0 spiro atoms. The second-order valence-corrected chi connectivity index (χ2v) is 7.00. The van der Waals surface area contributed by atoms with Gasteiger partial charge in [-0.25, -0.2) is 14.8 Å². The highest BCUT2D eigenvalue weighted by molar-refractivity contribution is 5.89. The number of anilines is 2. The van der Waals surface area contributed by atoms with E-state index in [1.165, 1.54) is 0 Å². The molecule has 3 rings (SSSR count). The standard InChI is InChI=1S/C19H19F6N5O2/c1-11-6-15(28-16(27-11)30-2-4-32-5-3-30)10-26-17(31)29-14-8-12(18(20,21)22)7-13(9-14)19(23,24)25/h6-9H,2-5,10H2,1H3,(H2,26,29,31). The van der Waals surface area contributed by atoms with Crippen LogP contribution in [0.5, 0.6) is 0 Å². The Labute approximate surface area is 178 Å². The molecule has 2 aromatic rings. The molecule has 32 heavy (non-hydrogen) atoms. The number of benzene rings is 1. The highest BCUT2D eigenvalue weighted by Gasteiger charge is 2.37. The monoisotopic (exact) mass is 463 g/mol. The third kappa shape index (κ3) is 6.22. The van der Waals surface area contributed by atoms with Crippen LogP contribution >= 0.6 is 0 Å². The fourth-order valence-electron chi connectivity index (χ4n) is 2.99. The Hall–Kier alpha value is -3.09. The van der Waals surface area contributed by atoms with E-state index in [1.54, 1.807) is 13.0 Å². The molecule has 0 atom stereocenters. The van der Waals surface area contributed by atoms with E-state index in [0.29, 0.717) is 55.8 Å². The molecule has 2 amide bonds. The molecular formula is C19H19F6N5O2. The maximum Gasteiger partial charge on any atom is 0.416 e. The van der Waals surface area contributed by atoms with Gasteiger partial charge in [-0.1, -0.05) is 0 Å². The van der Waals surface area contributed by atoms with Crippen LogP contribution in [0.25, 0.3) is 0 Å². The zero-order chi connectivity index (χ0) is 23.5. The van der Waals surface area contributed by atoms with Crippen LogP contribution in [-0.4, -0.2) is 42.3 Å². The molecule has 1 aliphatic heterocycles. The van der Waals surface area contributed by atoms with Crippen molar-refractivity contribution in [1.29, 1.82) is 0 Å². The van der Waals surface area contributed by atoms with Crippen molar-refractivity contribution in [3.8, 4) is 0 Å². The van der Waals surface area contributed by atoms with Gasteiger partial charge in [-0.15, -0.1) is 0 Å². The lowest BCUT2D eigenvalue weighted by Crippen LogP contribution is -2.37. The molecule has 7 nitrogen and oxygen atoms in total. The number of hydrogen-bond acceptors (Lipinski definition) is 5. The topological polar surface area (TPSA) is 79.4 Å². The SMILES string of the molecule is Cc1cc(CNC(=O)Nc2cc(C(F)(F)F)cc(C(F)(F)F)c2)nc(N2CCOCC2)n1. The smallest absolute Gasteiger partial charge is 0.378 e. The minimum Gasteiger partial charge on any atom is -0.378 e. The van der Waals surface area contributed by atoms with Crippen LogP contribution in [0.4, 0.5) is 42.8 Å². The summed E-state index contributed by atoms with van der Waals surface area (Å²) in [7, 11) is 0. The van der Waals surface area contributed by atoms with Gasteiger partial charge in [0.15, 0.2) is 0 Å². The summed E-state index contributed by atoms with van der Waals surface area (Å²) in [5.41, 5.74) is -2.63. The molecule has 1 aromatic carbocycles. The number of carbonyl (C=O) groups excluding carboxylic acids is 1. The Morgan fingerprint density at radius 1 is 1.00 bits per heavy atom. The Morgan fingerprint density at radius 3 is 2.16 bits per heavy atom. The van der Waals surface area contributed by atoms with Gasteiger partial charge in [0.25, 0.3) is 0 Å². The molecule has 0 radical (unpaired) electrons. The summed E-state index contributed by atoms with van der Waals surface area (Å²) in [6.07, 6.45) is -10.0. The molecule has 13 heteroatoms. The maximum absolute atomic E-state index is 13.0. The summed E-state index contributed by atoms with van der Waals surface area (Å²) in [6.45, 7) is 3.84. The zero-order valence-corrected chi connectivity index (χ0v) is 16.8. The lowest BCUT2D eigenvalue weighted by molar-refractivity contribution is -0.143.